The molecule has 0 amide bonds. The van der Waals surface area contributed by atoms with Gasteiger partial charge < -0.3 is 4.74 Å². The lowest BCUT2D eigenvalue weighted by Gasteiger charge is -2.07. The van der Waals surface area contributed by atoms with E-state index in [1.807, 2.05) is 0 Å². The highest BCUT2D eigenvalue weighted by molar-refractivity contribution is 8.13. The van der Waals surface area contributed by atoms with Gasteiger partial charge in [0.2, 0.25) is 5.88 Å². The van der Waals surface area contributed by atoms with E-state index in [4.69, 9.17) is 10.7 Å². The monoisotopic (exact) mass is 261 g/mol. The Morgan fingerprint density at radius 3 is 2.27 bits per heavy atom. The second-order valence-corrected chi connectivity index (χ2v) is 4.88. The average molecular weight is 262 g/mol. The summed E-state index contributed by atoms with van der Waals surface area (Å²) in [6, 6.07) is 1.61. The van der Waals surface area contributed by atoms with E-state index in [1.54, 1.807) is 0 Å². The number of nitrogens with zero attached hydrogens (tertiary/aromatic N) is 1. The molecule has 9 heteroatoms. The largest absolute Gasteiger partial charge is 0.574 e. The molecule has 0 saturated heterocycles. The molecule has 0 bridgehead atoms. The lowest BCUT2D eigenvalue weighted by Crippen LogP contribution is -2.17. The van der Waals surface area contributed by atoms with Gasteiger partial charge in [-0.1, -0.05) is 0 Å². The van der Waals surface area contributed by atoms with E-state index >= 15 is 0 Å². The number of aromatic nitrogens is 1. The van der Waals surface area contributed by atoms with Crippen molar-refractivity contribution in [3.05, 3.63) is 18.3 Å². The molecular formula is C6H3ClF3NO3S. The first-order valence-electron chi connectivity index (χ1n) is 3.35. The van der Waals surface area contributed by atoms with Crippen molar-refractivity contribution in [2.24, 2.45) is 0 Å². The third-order valence-electron chi connectivity index (χ3n) is 1.21. The van der Waals surface area contributed by atoms with Crippen LogP contribution >= 0.6 is 10.7 Å². The van der Waals surface area contributed by atoms with Crippen LogP contribution in [0, 0.1) is 0 Å². The van der Waals surface area contributed by atoms with E-state index in [1.165, 1.54) is 0 Å². The summed E-state index contributed by atoms with van der Waals surface area (Å²) < 4.78 is 59.8. The maximum Gasteiger partial charge on any atom is 0.574 e. The fraction of sp³-hybridized carbons (Fsp3) is 0.167. The van der Waals surface area contributed by atoms with Gasteiger partial charge in [-0.2, -0.15) is 0 Å². The number of hydrogen-bond acceptors (Lipinski definition) is 4. The smallest absolute Gasteiger partial charge is 0.388 e. The van der Waals surface area contributed by atoms with Gasteiger partial charge in [-0.3, -0.25) is 0 Å². The highest BCUT2D eigenvalue weighted by atomic mass is 35.7. The maximum absolute atomic E-state index is 11.7. The van der Waals surface area contributed by atoms with Crippen LogP contribution in [0.5, 0.6) is 5.88 Å². The van der Waals surface area contributed by atoms with Crippen molar-refractivity contribution in [2.75, 3.05) is 0 Å². The highest BCUT2D eigenvalue weighted by Crippen LogP contribution is 2.22. The summed E-state index contributed by atoms with van der Waals surface area (Å²) in [5.41, 5.74) is 0. The summed E-state index contributed by atoms with van der Waals surface area (Å²) in [5, 5.41) is 0. The molecule has 0 aromatic carbocycles. The predicted octanol–water partition coefficient (Wildman–Crippen LogP) is 1.91. The van der Waals surface area contributed by atoms with E-state index in [-0.39, 0.29) is 0 Å². The molecular weight excluding hydrogens is 259 g/mol. The van der Waals surface area contributed by atoms with Crippen LogP contribution in [0.3, 0.4) is 0 Å². The van der Waals surface area contributed by atoms with Gasteiger partial charge in [-0.15, -0.1) is 13.2 Å². The van der Waals surface area contributed by atoms with Crippen molar-refractivity contribution in [3.63, 3.8) is 0 Å². The molecule has 0 saturated carbocycles. The van der Waals surface area contributed by atoms with Crippen molar-refractivity contribution < 1.29 is 26.3 Å². The summed E-state index contributed by atoms with van der Waals surface area (Å²) in [6.07, 6.45) is -4.20. The molecule has 0 aliphatic carbocycles. The SMILES string of the molecule is O=S(=O)(Cl)c1ccc(OC(F)(F)F)nc1. The average Bonchev–Trinajstić information content (AvgIpc) is 2.00. The Morgan fingerprint density at radius 1 is 1.33 bits per heavy atom. The lowest BCUT2D eigenvalue weighted by atomic mass is 10.5. The van der Waals surface area contributed by atoms with Crippen LogP contribution < -0.4 is 4.74 Å². The zero-order chi connectivity index (χ0) is 11.7. The second kappa shape index (κ2) is 3.86. The number of pyridine rings is 1. The van der Waals surface area contributed by atoms with Crippen molar-refractivity contribution in [2.45, 2.75) is 11.3 Å². The molecule has 0 radical (unpaired) electrons. The van der Waals surface area contributed by atoms with E-state index in [9.17, 15) is 21.6 Å². The molecule has 0 spiro atoms. The van der Waals surface area contributed by atoms with Crippen molar-refractivity contribution in [1.29, 1.82) is 0 Å². The number of ether oxygens (including phenoxy) is 1. The number of alkyl halides is 3. The first kappa shape index (κ1) is 12.1. The second-order valence-electron chi connectivity index (χ2n) is 2.32. The van der Waals surface area contributed by atoms with E-state index < -0.39 is 26.2 Å². The standard InChI is InChI=1S/C6H3ClF3NO3S/c7-15(12,13)4-1-2-5(11-3-4)14-6(8,9)10/h1-3H. The summed E-state index contributed by atoms with van der Waals surface area (Å²) in [4.78, 5) is 2.72. The maximum atomic E-state index is 11.7. The Morgan fingerprint density at radius 2 is 1.93 bits per heavy atom. The number of halogens is 4. The molecule has 84 valence electrons. The normalized spacial score (nSPS) is 12.5. The van der Waals surface area contributed by atoms with Crippen LogP contribution in [-0.4, -0.2) is 19.8 Å². The molecule has 1 aromatic heterocycles. The van der Waals surface area contributed by atoms with E-state index in [0.717, 1.165) is 12.1 Å². The molecule has 0 atom stereocenters. The molecule has 1 heterocycles. The van der Waals surface area contributed by atoms with Crippen LogP contribution in [0.1, 0.15) is 0 Å². The molecule has 0 fully saturated rings. The van der Waals surface area contributed by atoms with E-state index in [2.05, 4.69) is 9.72 Å². The lowest BCUT2D eigenvalue weighted by molar-refractivity contribution is -0.276. The first-order chi connectivity index (χ1) is 6.68. The quantitative estimate of drug-likeness (QED) is 0.763. The van der Waals surface area contributed by atoms with Gasteiger partial charge in [0.15, 0.2) is 0 Å². The Labute approximate surface area is 87.1 Å². The van der Waals surface area contributed by atoms with Gasteiger partial charge in [0.05, 0.1) is 6.20 Å². The minimum atomic E-state index is -4.87. The van der Waals surface area contributed by atoms with Crippen molar-refractivity contribution in [1.82, 2.24) is 4.98 Å². The Kier molecular flexibility index (Phi) is 3.10. The van der Waals surface area contributed by atoms with Crippen molar-refractivity contribution >= 4 is 19.7 Å². The van der Waals surface area contributed by atoms with Gasteiger partial charge in [0.1, 0.15) is 4.90 Å². The molecule has 0 aliphatic heterocycles. The summed E-state index contributed by atoms with van der Waals surface area (Å²) in [6.45, 7) is 0. The van der Waals surface area contributed by atoms with Crippen LogP contribution in [0.25, 0.3) is 0 Å². The number of hydrogen-bond donors (Lipinski definition) is 0. The Balaban J connectivity index is 2.92. The van der Waals surface area contributed by atoms with Gasteiger partial charge in [0.25, 0.3) is 9.05 Å². The van der Waals surface area contributed by atoms with Gasteiger partial charge in [0, 0.05) is 16.7 Å². The van der Waals surface area contributed by atoms with E-state index in [0.29, 0.717) is 6.20 Å². The molecule has 1 rings (SSSR count). The third-order valence-corrected chi connectivity index (χ3v) is 2.55. The fourth-order valence-corrected chi connectivity index (χ4v) is 1.37. The van der Waals surface area contributed by atoms with Crippen LogP contribution in [0.15, 0.2) is 23.2 Å². The Bertz CT molecular complexity index is 442. The molecule has 4 nitrogen and oxygen atoms in total. The van der Waals surface area contributed by atoms with Crippen LogP contribution in [0.2, 0.25) is 0 Å². The van der Waals surface area contributed by atoms with Crippen molar-refractivity contribution in [3.8, 4) is 5.88 Å². The topological polar surface area (TPSA) is 56.3 Å². The van der Waals surface area contributed by atoms with Gasteiger partial charge >= 0.3 is 6.36 Å². The summed E-state index contributed by atoms with van der Waals surface area (Å²) in [7, 11) is 0.923. The number of rotatable bonds is 2. The Hall–Kier alpha value is -1.02. The first-order valence-corrected chi connectivity index (χ1v) is 5.66. The molecule has 0 unspecified atom stereocenters. The highest BCUT2D eigenvalue weighted by Gasteiger charge is 2.31. The minimum absolute atomic E-state index is 0.404. The minimum Gasteiger partial charge on any atom is -0.388 e. The van der Waals surface area contributed by atoms with Crippen LogP contribution in [-0.2, 0) is 9.05 Å². The third kappa shape index (κ3) is 3.92. The molecule has 15 heavy (non-hydrogen) atoms. The van der Waals surface area contributed by atoms with Gasteiger partial charge in [-0.25, -0.2) is 13.4 Å². The summed E-state index contributed by atoms with van der Waals surface area (Å²) in [5.74, 6) is -0.758. The zero-order valence-corrected chi connectivity index (χ0v) is 8.40. The summed E-state index contributed by atoms with van der Waals surface area (Å²) >= 11 is 0. The fourth-order valence-electron chi connectivity index (χ4n) is 0.690. The van der Waals surface area contributed by atoms with Crippen LogP contribution in [0.4, 0.5) is 13.2 Å². The zero-order valence-electron chi connectivity index (χ0n) is 6.82. The molecule has 0 aliphatic rings. The molecule has 1 aromatic rings. The van der Waals surface area contributed by atoms with Gasteiger partial charge in [-0.05, 0) is 6.07 Å². The molecule has 0 N–H and O–H groups in total. The predicted molar refractivity (Wildman–Crippen MR) is 44.0 cm³/mol.